The molecule has 0 saturated heterocycles. The number of hydrogen-bond donors (Lipinski definition) is 1. The van der Waals surface area contributed by atoms with Crippen molar-refractivity contribution in [2.75, 3.05) is 0 Å². The summed E-state index contributed by atoms with van der Waals surface area (Å²) < 4.78 is 1.94. The lowest BCUT2D eigenvalue weighted by atomic mass is 9.69. The maximum absolute atomic E-state index is 9.82. The quantitative estimate of drug-likeness (QED) is 0.654. The normalized spacial score (nSPS) is 31.4. The van der Waals surface area contributed by atoms with Gasteiger partial charge < -0.3 is 5.11 Å². The summed E-state index contributed by atoms with van der Waals surface area (Å²) in [6, 6.07) is 0. The van der Waals surface area contributed by atoms with Crippen molar-refractivity contribution in [3.8, 4) is 0 Å². The maximum atomic E-state index is 9.82. The lowest BCUT2D eigenvalue weighted by Gasteiger charge is -2.37. The predicted octanol–water partition coefficient (Wildman–Crippen LogP) is 5.07. The van der Waals surface area contributed by atoms with Gasteiger partial charge in [-0.05, 0) is 40.8 Å². The molecule has 0 amide bonds. The standard InChI is InChI=1S/C16H27IO/c17-10-9-16(18)15-11-14(12-15)8-4-7-13-5-2-1-3-6-13/h9-10,13-16,18H,1-8,11-12H2/t14-,15-,16?. The zero-order valence-electron chi connectivity index (χ0n) is 11.4. The number of halogens is 1. The molecule has 0 radical (unpaired) electrons. The van der Waals surface area contributed by atoms with Crippen LogP contribution < -0.4 is 0 Å². The van der Waals surface area contributed by atoms with Crippen molar-refractivity contribution in [2.45, 2.75) is 70.3 Å². The summed E-state index contributed by atoms with van der Waals surface area (Å²) in [5.74, 6) is 2.51. The largest absolute Gasteiger partial charge is 0.389 e. The van der Waals surface area contributed by atoms with Crippen LogP contribution in [0.4, 0.5) is 0 Å². The van der Waals surface area contributed by atoms with Crippen molar-refractivity contribution in [1.29, 1.82) is 0 Å². The van der Waals surface area contributed by atoms with Crippen molar-refractivity contribution in [3.05, 3.63) is 10.2 Å². The number of rotatable bonds is 6. The molecule has 1 N–H and O–H groups in total. The third-order valence-corrected chi connectivity index (χ3v) is 5.39. The predicted molar refractivity (Wildman–Crippen MR) is 85.8 cm³/mol. The Kier molecular flexibility index (Phi) is 6.50. The molecular weight excluding hydrogens is 335 g/mol. The van der Waals surface area contributed by atoms with Crippen LogP contribution in [0.1, 0.15) is 64.2 Å². The van der Waals surface area contributed by atoms with E-state index < -0.39 is 0 Å². The van der Waals surface area contributed by atoms with Crippen LogP contribution in [0.15, 0.2) is 10.2 Å². The van der Waals surface area contributed by atoms with E-state index in [0.29, 0.717) is 5.92 Å². The highest BCUT2D eigenvalue weighted by Crippen LogP contribution is 2.40. The molecule has 0 spiro atoms. The molecule has 2 fully saturated rings. The molecule has 18 heavy (non-hydrogen) atoms. The zero-order chi connectivity index (χ0) is 12.8. The second kappa shape index (κ2) is 7.88. The molecule has 2 aliphatic carbocycles. The van der Waals surface area contributed by atoms with E-state index in [4.69, 9.17) is 0 Å². The van der Waals surface area contributed by atoms with E-state index >= 15 is 0 Å². The topological polar surface area (TPSA) is 20.2 Å². The first kappa shape index (κ1) is 14.8. The SMILES string of the molecule is OC(C=CI)[C@H]1C[C@H](CCCC2CCCCC2)C1. The van der Waals surface area contributed by atoms with Gasteiger partial charge in [0.2, 0.25) is 0 Å². The molecule has 0 aliphatic heterocycles. The van der Waals surface area contributed by atoms with Crippen molar-refractivity contribution in [1.82, 2.24) is 0 Å². The average molecular weight is 362 g/mol. The van der Waals surface area contributed by atoms with Gasteiger partial charge in [-0.2, -0.15) is 0 Å². The first-order valence-corrected chi connectivity index (χ1v) is 8.99. The molecule has 0 aromatic heterocycles. The summed E-state index contributed by atoms with van der Waals surface area (Å²) in [6.07, 6.45) is 16.0. The van der Waals surface area contributed by atoms with E-state index in [1.54, 1.807) is 0 Å². The molecule has 2 heteroatoms. The number of hydrogen-bond acceptors (Lipinski definition) is 1. The van der Waals surface area contributed by atoms with Crippen LogP contribution in [-0.2, 0) is 0 Å². The van der Waals surface area contributed by atoms with Crippen molar-refractivity contribution in [3.63, 3.8) is 0 Å². The van der Waals surface area contributed by atoms with Crippen LogP contribution >= 0.6 is 22.6 Å². The van der Waals surface area contributed by atoms with E-state index in [1.807, 2.05) is 10.2 Å². The molecule has 0 bridgehead atoms. The fourth-order valence-electron chi connectivity index (χ4n) is 3.70. The van der Waals surface area contributed by atoms with E-state index in [9.17, 15) is 5.11 Å². The monoisotopic (exact) mass is 362 g/mol. The Morgan fingerprint density at radius 3 is 2.39 bits per heavy atom. The van der Waals surface area contributed by atoms with E-state index in [1.165, 1.54) is 64.2 Å². The third kappa shape index (κ3) is 4.52. The van der Waals surface area contributed by atoms with Gasteiger partial charge in [-0.15, -0.1) is 0 Å². The van der Waals surface area contributed by atoms with E-state index in [0.717, 1.165) is 11.8 Å². The third-order valence-electron chi connectivity index (χ3n) is 4.97. The molecule has 2 saturated carbocycles. The van der Waals surface area contributed by atoms with Crippen molar-refractivity contribution < 1.29 is 5.11 Å². The fourth-order valence-corrected chi connectivity index (χ4v) is 4.13. The molecule has 2 rings (SSSR count). The highest BCUT2D eigenvalue weighted by atomic mass is 127. The van der Waals surface area contributed by atoms with Crippen LogP contribution in [0.5, 0.6) is 0 Å². The van der Waals surface area contributed by atoms with Gasteiger partial charge in [-0.3, -0.25) is 0 Å². The summed E-state index contributed by atoms with van der Waals surface area (Å²) in [5, 5.41) is 9.82. The number of aliphatic hydroxyl groups is 1. The van der Waals surface area contributed by atoms with Crippen LogP contribution in [0, 0.1) is 17.8 Å². The lowest BCUT2D eigenvalue weighted by Crippen LogP contribution is -2.32. The summed E-state index contributed by atoms with van der Waals surface area (Å²) in [5.41, 5.74) is 0. The molecule has 104 valence electrons. The first-order valence-electron chi connectivity index (χ1n) is 7.74. The molecule has 0 heterocycles. The Balaban J connectivity index is 1.51. The second-order valence-corrected chi connectivity index (χ2v) is 7.06. The van der Waals surface area contributed by atoms with Crippen molar-refractivity contribution >= 4 is 22.6 Å². The van der Waals surface area contributed by atoms with Gasteiger partial charge in [-0.1, -0.05) is 74.0 Å². The maximum Gasteiger partial charge on any atom is 0.0756 e. The van der Waals surface area contributed by atoms with Crippen molar-refractivity contribution in [2.24, 2.45) is 17.8 Å². The zero-order valence-corrected chi connectivity index (χ0v) is 13.5. The molecule has 1 nitrogen and oxygen atoms in total. The lowest BCUT2D eigenvalue weighted by molar-refractivity contribution is 0.0533. The number of aliphatic hydroxyl groups excluding tert-OH is 1. The van der Waals surface area contributed by atoms with Crippen LogP contribution in [0.3, 0.4) is 0 Å². The summed E-state index contributed by atoms with van der Waals surface area (Å²) >= 11 is 2.19. The highest BCUT2D eigenvalue weighted by molar-refractivity contribution is 14.1. The fraction of sp³-hybridized carbons (Fsp3) is 0.875. The van der Waals surface area contributed by atoms with Gasteiger partial charge in [0.25, 0.3) is 0 Å². The molecule has 1 unspecified atom stereocenters. The minimum Gasteiger partial charge on any atom is -0.389 e. The molecule has 0 aromatic rings. The van der Waals surface area contributed by atoms with E-state index in [-0.39, 0.29) is 6.10 Å². The van der Waals surface area contributed by atoms with Gasteiger partial charge in [0.1, 0.15) is 0 Å². The van der Waals surface area contributed by atoms with Gasteiger partial charge >= 0.3 is 0 Å². The van der Waals surface area contributed by atoms with Crippen LogP contribution in [0.2, 0.25) is 0 Å². The highest BCUT2D eigenvalue weighted by Gasteiger charge is 2.32. The first-order chi connectivity index (χ1) is 8.79. The Bertz CT molecular complexity index is 252. The van der Waals surface area contributed by atoms with E-state index in [2.05, 4.69) is 22.6 Å². The van der Waals surface area contributed by atoms with Crippen LogP contribution in [0.25, 0.3) is 0 Å². The smallest absolute Gasteiger partial charge is 0.0756 e. The Morgan fingerprint density at radius 2 is 1.72 bits per heavy atom. The Labute approximate surface area is 126 Å². The minimum atomic E-state index is -0.184. The molecule has 1 atom stereocenters. The van der Waals surface area contributed by atoms with Gasteiger partial charge in [0.15, 0.2) is 0 Å². The van der Waals surface area contributed by atoms with Gasteiger partial charge in [0.05, 0.1) is 6.10 Å². The second-order valence-electron chi connectivity index (χ2n) is 6.34. The molecule has 2 aliphatic rings. The van der Waals surface area contributed by atoms with Gasteiger partial charge in [0, 0.05) is 0 Å². The molecular formula is C16H27IO. The average Bonchev–Trinajstić information content (AvgIpc) is 2.33. The Morgan fingerprint density at radius 1 is 1.06 bits per heavy atom. The van der Waals surface area contributed by atoms with Gasteiger partial charge in [-0.25, -0.2) is 0 Å². The summed E-state index contributed by atoms with van der Waals surface area (Å²) in [7, 11) is 0. The molecule has 0 aromatic carbocycles. The summed E-state index contributed by atoms with van der Waals surface area (Å²) in [6.45, 7) is 0. The van der Waals surface area contributed by atoms with Crippen LogP contribution in [-0.4, -0.2) is 11.2 Å². The Hall–Kier alpha value is 0.430. The minimum absolute atomic E-state index is 0.184. The summed E-state index contributed by atoms with van der Waals surface area (Å²) in [4.78, 5) is 0.